The molecule has 0 fully saturated rings. The molecule has 0 heterocycles. The Morgan fingerprint density at radius 2 is 2.06 bits per heavy atom. The van der Waals surface area contributed by atoms with E-state index in [0.29, 0.717) is 0 Å². The van der Waals surface area contributed by atoms with Crippen LogP contribution in [0.15, 0.2) is 42.5 Å². The van der Waals surface area contributed by atoms with Crippen LogP contribution < -0.4 is 5.32 Å². The molecule has 16 heavy (non-hydrogen) atoms. The minimum atomic E-state index is 0.954. The van der Waals surface area contributed by atoms with Gasteiger partial charge in [0.25, 0.3) is 0 Å². The largest absolute Gasteiger partial charge is 0.313 e. The topological polar surface area (TPSA) is 12.0 Å². The summed E-state index contributed by atoms with van der Waals surface area (Å²) in [4.78, 5) is 0. The highest BCUT2D eigenvalue weighted by Gasteiger charge is 1.96. The predicted molar refractivity (Wildman–Crippen MR) is 74.9 cm³/mol. The van der Waals surface area contributed by atoms with Crippen LogP contribution >= 0.6 is 11.8 Å². The van der Waals surface area contributed by atoms with Gasteiger partial charge in [-0.1, -0.05) is 49.4 Å². The molecule has 0 radical (unpaired) electrons. The van der Waals surface area contributed by atoms with E-state index in [-0.39, 0.29) is 0 Å². The Hall–Kier alpha value is -0.730. The fourth-order valence-electron chi connectivity index (χ4n) is 1.38. The van der Waals surface area contributed by atoms with E-state index >= 15 is 0 Å². The van der Waals surface area contributed by atoms with Gasteiger partial charge in [-0.05, 0) is 18.5 Å². The van der Waals surface area contributed by atoms with Crippen LogP contribution in [0.1, 0.15) is 18.9 Å². The molecule has 1 aromatic rings. The van der Waals surface area contributed by atoms with Crippen molar-refractivity contribution in [2.75, 3.05) is 18.8 Å². The van der Waals surface area contributed by atoms with E-state index in [2.05, 4.69) is 49.2 Å². The second-order valence-electron chi connectivity index (χ2n) is 3.91. The van der Waals surface area contributed by atoms with Gasteiger partial charge >= 0.3 is 0 Å². The summed E-state index contributed by atoms with van der Waals surface area (Å²) in [6.45, 7) is 8.29. The third-order valence-corrected chi connectivity index (χ3v) is 3.37. The van der Waals surface area contributed by atoms with Gasteiger partial charge in [-0.25, -0.2) is 0 Å². The van der Waals surface area contributed by atoms with Crippen molar-refractivity contribution in [1.29, 1.82) is 0 Å². The first-order valence-electron chi connectivity index (χ1n) is 5.82. The summed E-state index contributed by atoms with van der Waals surface area (Å²) in [5, 5.41) is 3.37. The van der Waals surface area contributed by atoms with E-state index in [9.17, 15) is 0 Å². The third kappa shape index (κ3) is 5.99. The average Bonchev–Trinajstić information content (AvgIpc) is 2.31. The Morgan fingerprint density at radius 3 is 2.75 bits per heavy atom. The first kappa shape index (κ1) is 13.3. The van der Waals surface area contributed by atoms with E-state index in [0.717, 1.165) is 24.6 Å². The molecule has 0 aliphatic heterocycles. The van der Waals surface area contributed by atoms with Crippen LogP contribution in [0.2, 0.25) is 0 Å². The van der Waals surface area contributed by atoms with Crippen LogP contribution in [0.3, 0.4) is 0 Å². The number of hydrogen-bond acceptors (Lipinski definition) is 2. The molecule has 2 heteroatoms. The maximum atomic E-state index is 4.07. The van der Waals surface area contributed by atoms with Gasteiger partial charge in [0, 0.05) is 18.1 Å². The molecule has 1 rings (SSSR count). The molecule has 0 atom stereocenters. The molecule has 0 saturated carbocycles. The molecule has 0 bridgehead atoms. The molecule has 1 aromatic carbocycles. The lowest BCUT2D eigenvalue weighted by Gasteiger charge is -2.06. The zero-order chi connectivity index (χ0) is 11.6. The van der Waals surface area contributed by atoms with Crippen molar-refractivity contribution in [1.82, 2.24) is 5.32 Å². The second-order valence-corrected chi connectivity index (χ2v) is 4.89. The van der Waals surface area contributed by atoms with Crippen molar-refractivity contribution in [3.05, 3.63) is 48.0 Å². The van der Waals surface area contributed by atoms with Gasteiger partial charge in [-0.15, -0.1) is 0 Å². The number of rotatable bonds is 8. The van der Waals surface area contributed by atoms with Gasteiger partial charge < -0.3 is 5.32 Å². The number of nitrogens with one attached hydrogen (secondary N) is 1. The van der Waals surface area contributed by atoms with Crippen molar-refractivity contribution in [3.63, 3.8) is 0 Å². The van der Waals surface area contributed by atoms with E-state index in [1.165, 1.54) is 17.6 Å². The van der Waals surface area contributed by atoms with Gasteiger partial charge in [0.1, 0.15) is 0 Å². The van der Waals surface area contributed by atoms with Crippen LogP contribution in [0.4, 0.5) is 0 Å². The summed E-state index contributed by atoms with van der Waals surface area (Å²) in [7, 11) is 0. The fraction of sp³-hybridized carbons (Fsp3) is 0.429. The lowest BCUT2D eigenvalue weighted by molar-refractivity contribution is 0.716. The van der Waals surface area contributed by atoms with Gasteiger partial charge in [-0.3, -0.25) is 0 Å². The molecule has 0 aliphatic carbocycles. The van der Waals surface area contributed by atoms with E-state index in [1.807, 2.05) is 11.8 Å². The SMILES string of the molecule is C=C(CNCCC)CSCc1ccccc1. The summed E-state index contributed by atoms with van der Waals surface area (Å²) >= 11 is 1.93. The third-order valence-electron chi connectivity index (χ3n) is 2.22. The average molecular weight is 235 g/mol. The monoisotopic (exact) mass is 235 g/mol. The zero-order valence-corrected chi connectivity index (χ0v) is 10.9. The Kier molecular flexibility index (Phi) is 7.02. The molecule has 1 nitrogen and oxygen atoms in total. The van der Waals surface area contributed by atoms with E-state index in [1.54, 1.807) is 0 Å². The van der Waals surface area contributed by atoms with Crippen molar-refractivity contribution in [2.45, 2.75) is 19.1 Å². The van der Waals surface area contributed by atoms with Crippen LogP contribution in [0.5, 0.6) is 0 Å². The van der Waals surface area contributed by atoms with Crippen molar-refractivity contribution in [3.8, 4) is 0 Å². The highest BCUT2D eigenvalue weighted by Crippen LogP contribution is 2.13. The van der Waals surface area contributed by atoms with Crippen LogP contribution in [-0.4, -0.2) is 18.8 Å². The highest BCUT2D eigenvalue weighted by atomic mass is 32.2. The minimum Gasteiger partial charge on any atom is -0.313 e. The first-order chi connectivity index (χ1) is 7.83. The molecule has 0 unspecified atom stereocenters. The molecular weight excluding hydrogens is 214 g/mol. The first-order valence-corrected chi connectivity index (χ1v) is 6.97. The molecule has 0 amide bonds. The lowest BCUT2D eigenvalue weighted by Crippen LogP contribution is -2.18. The smallest absolute Gasteiger partial charge is 0.0187 e. The lowest BCUT2D eigenvalue weighted by atomic mass is 10.2. The summed E-state index contributed by atoms with van der Waals surface area (Å²) in [5.41, 5.74) is 2.68. The molecule has 88 valence electrons. The van der Waals surface area contributed by atoms with Gasteiger partial charge in [0.05, 0.1) is 0 Å². The van der Waals surface area contributed by atoms with E-state index < -0.39 is 0 Å². The summed E-state index contributed by atoms with van der Waals surface area (Å²) in [6, 6.07) is 10.6. The number of thioether (sulfide) groups is 1. The Morgan fingerprint density at radius 1 is 1.31 bits per heavy atom. The van der Waals surface area contributed by atoms with Crippen LogP contribution in [0, 0.1) is 0 Å². The predicted octanol–water partition coefficient (Wildman–Crippen LogP) is 3.48. The number of benzene rings is 1. The molecule has 0 saturated heterocycles. The summed E-state index contributed by atoms with van der Waals surface area (Å²) in [6.07, 6.45) is 1.18. The molecule has 0 aromatic heterocycles. The van der Waals surface area contributed by atoms with Gasteiger partial charge in [0.2, 0.25) is 0 Å². The normalized spacial score (nSPS) is 10.3. The molecular formula is C14H21NS. The van der Waals surface area contributed by atoms with Gasteiger partial charge in [-0.2, -0.15) is 11.8 Å². The second kappa shape index (κ2) is 8.43. The molecule has 0 aliphatic rings. The van der Waals surface area contributed by atoms with Crippen molar-refractivity contribution < 1.29 is 0 Å². The zero-order valence-electron chi connectivity index (χ0n) is 10.0. The van der Waals surface area contributed by atoms with E-state index in [4.69, 9.17) is 0 Å². The highest BCUT2D eigenvalue weighted by molar-refractivity contribution is 7.98. The Labute approximate surface area is 103 Å². The van der Waals surface area contributed by atoms with Crippen LogP contribution in [0.25, 0.3) is 0 Å². The molecule has 1 N–H and O–H groups in total. The quantitative estimate of drug-likeness (QED) is 0.547. The van der Waals surface area contributed by atoms with Crippen LogP contribution in [-0.2, 0) is 5.75 Å². The summed E-state index contributed by atoms with van der Waals surface area (Å²) in [5.74, 6) is 2.12. The van der Waals surface area contributed by atoms with Crippen molar-refractivity contribution >= 4 is 11.8 Å². The summed E-state index contributed by atoms with van der Waals surface area (Å²) < 4.78 is 0. The standard InChI is InChI=1S/C14H21NS/c1-3-9-15-10-13(2)11-16-12-14-7-5-4-6-8-14/h4-8,15H,2-3,9-12H2,1H3. The van der Waals surface area contributed by atoms with Crippen molar-refractivity contribution in [2.24, 2.45) is 0 Å². The Balaban J connectivity index is 2.09. The fourth-order valence-corrected chi connectivity index (χ4v) is 2.30. The molecule has 0 spiro atoms. The minimum absolute atomic E-state index is 0.954. The van der Waals surface area contributed by atoms with Gasteiger partial charge in [0.15, 0.2) is 0 Å². The maximum absolute atomic E-state index is 4.07. The number of hydrogen-bond donors (Lipinski definition) is 1. The Bertz CT molecular complexity index is 295. The maximum Gasteiger partial charge on any atom is 0.0187 e.